The summed E-state index contributed by atoms with van der Waals surface area (Å²) in [6, 6.07) is 4.47. The second-order valence-corrected chi connectivity index (χ2v) is 3.42. The van der Waals surface area contributed by atoms with Crippen molar-refractivity contribution < 1.29 is 0 Å². The Labute approximate surface area is 74.0 Å². The zero-order valence-corrected chi connectivity index (χ0v) is 7.91. The molecular formula is C10H16N2. The van der Waals surface area contributed by atoms with E-state index in [-0.39, 0.29) is 0 Å². The van der Waals surface area contributed by atoms with Gasteiger partial charge in [0.25, 0.3) is 0 Å². The first-order valence-electron chi connectivity index (χ1n) is 4.36. The molecule has 2 nitrogen and oxygen atoms in total. The SMILES string of the molecule is CC(C)[C@@H](C)Nc1cccnc1. The van der Waals surface area contributed by atoms with Crippen molar-refractivity contribution in [1.82, 2.24) is 4.98 Å². The molecule has 0 aliphatic rings. The lowest BCUT2D eigenvalue weighted by Gasteiger charge is -2.18. The van der Waals surface area contributed by atoms with Crippen LogP contribution in [0.5, 0.6) is 0 Å². The summed E-state index contributed by atoms with van der Waals surface area (Å²) >= 11 is 0. The Balaban J connectivity index is 2.53. The van der Waals surface area contributed by atoms with Crippen LogP contribution in [0.3, 0.4) is 0 Å². The van der Waals surface area contributed by atoms with Crippen molar-refractivity contribution in [3.63, 3.8) is 0 Å². The number of nitrogens with one attached hydrogen (secondary N) is 1. The second-order valence-electron chi connectivity index (χ2n) is 3.42. The number of rotatable bonds is 3. The minimum atomic E-state index is 0.495. The Morgan fingerprint density at radius 2 is 2.08 bits per heavy atom. The van der Waals surface area contributed by atoms with Gasteiger partial charge in [-0.05, 0) is 25.0 Å². The smallest absolute Gasteiger partial charge is 0.0528 e. The topological polar surface area (TPSA) is 24.9 Å². The molecule has 66 valence electrons. The third kappa shape index (κ3) is 2.53. The Bertz CT molecular complexity index is 219. The van der Waals surface area contributed by atoms with Crippen LogP contribution in [0.2, 0.25) is 0 Å². The normalized spacial score (nSPS) is 13.0. The van der Waals surface area contributed by atoms with Crippen molar-refractivity contribution in [2.45, 2.75) is 26.8 Å². The monoisotopic (exact) mass is 164 g/mol. The molecule has 1 aromatic rings. The van der Waals surface area contributed by atoms with E-state index in [1.807, 2.05) is 18.3 Å². The molecule has 0 saturated heterocycles. The van der Waals surface area contributed by atoms with Gasteiger partial charge in [-0.2, -0.15) is 0 Å². The highest BCUT2D eigenvalue weighted by atomic mass is 14.9. The lowest BCUT2D eigenvalue weighted by atomic mass is 10.1. The van der Waals surface area contributed by atoms with E-state index in [0.717, 1.165) is 5.69 Å². The van der Waals surface area contributed by atoms with E-state index >= 15 is 0 Å². The van der Waals surface area contributed by atoms with Gasteiger partial charge in [-0.25, -0.2) is 0 Å². The Morgan fingerprint density at radius 3 is 2.58 bits per heavy atom. The number of nitrogens with zero attached hydrogens (tertiary/aromatic N) is 1. The van der Waals surface area contributed by atoms with Crippen molar-refractivity contribution in [2.75, 3.05) is 5.32 Å². The van der Waals surface area contributed by atoms with Gasteiger partial charge in [0.2, 0.25) is 0 Å². The Kier molecular flexibility index (Phi) is 3.09. The molecule has 0 aliphatic carbocycles. The van der Waals surface area contributed by atoms with E-state index in [2.05, 4.69) is 31.1 Å². The van der Waals surface area contributed by atoms with Gasteiger partial charge in [0.1, 0.15) is 0 Å². The first-order valence-corrected chi connectivity index (χ1v) is 4.36. The third-order valence-corrected chi connectivity index (χ3v) is 2.06. The van der Waals surface area contributed by atoms with Crippen molar-refractivity contribution in [3.05, 3.63) is 24.5 Å². The van der Waals surface area contributed by atoms with Crippen LogP contribution in [0.15, 0.2) is 24.5 Å². The Morgan fingerprint density at radius 1 is 1.33 bits per heavy atom. The third-order valence-electron chi connectivity index (χ3n) is 2.06. The van der Waals surface area contributed by atoms with Crippen molar-refractivity contribution in [3.8, 4) is 0 Å². The molecule has 2 heteroatoms. The van der Waals surface area contributed by atoms with Crippen LogP contribution < -0.4 is 5.32 Å². The molecule has 0 amide bonds. The highest BCUT2D eigenvalue weighted by molar-refractivity contribution is 5.40. The molecule has 0 aromatic carbocycles. The lowest BCUT2D eigenvalue weighted by Crippen LogP contribution is -2.21. The molecule has 0 aliphatic heterocycles. The highest BCUT2D eigenvalue weighted by Gasteiger charge is 2.05. The number of hydrogen-bond acceptors (Lipinski definition) is 2. The molecule has 1 aromatic heterocycles. The molecule has 0 unspecified atom stereocenters. The summed E-state index contributed by atoms with van der Waals surface area (Å²) in [7, 11) is 0. The fraction of sp³-hybridized carbons (Fsp3) is 0.500. The summed E-state index contributed by atoms with van der Waals surface area (Å²) in [6.45, 7) is 6.58. The molecule has 1 N–H and O–H groups in total. The molecular weight excluding hydrogens is 148 g/mol. The summed E-state index contributed by atoms with van der Waals surface area (Å²) in [5, 5.41) is 3.38. The first-order chi connectivity index (χ1) is 5.70. The fourth-order valence-corrected chi connectivity index (χ4v) is 0.878. The van der Waals surface area contributed by atoms with Gasteiger partial charge in [0, 0.05) is 18.4 Å². The second kappa shape index (κ2) is 4.10. The zero-order valence-electron chi connectivity index (χ0n) is 7.91. The van der Waals surface area contributed by atoms with Gasteiger partial charge in [-0.3, -0.25) is 4.98 Å². The maximum Gasteiger partial charge on any atom is 0.0528 e. The number of anilines is 1. The van der Waals surface area contributed by atoms with Crippen LogP contribution in [-0.2, 0) is 0 Å². The average molecular weight is 164 g/mol. The highest BCUT2D eigenvalue weighted by Crippen LogP contribution is 2.09. The zero-order chi connectivity index (χ0) is 8.97. The fourth-order valence-electron chi connectivity index (χ4n) is 0.878. The van der Waals surface area contributed by atoms with E-state index < -0.39 is 0 Å². The van der Waals surface area contributed by atoms with Gasteiger partial charge in [-0.1, -0.05) is 13.8 Å². The summed E-state index contributed by atoms with van der Waals surface area (Å²) < 4.78 is 0. The van der Waals surface area contributed by atoms with Gasteiger partial charge in [0.05, 0.1) is 5.69 Å². The van der Waals surface area contributed by atoms with Crippen LogP contribution >= 0.6 is 0 Å². The van der Waals surface area contributed by atoms with Gasteiger partial charge in [0.15, 0.2) is 0 Å². The van der Waals surface area contributed by atoms with E-state index in [9.17, 15) is 0 Å². The van der Waals surface area contributed by atoms with Gasteiger partial charge in [-0.15, -0.1) is 0 Å². The van der Waals surface area contributed by atoms with Gasteiger partial charge < -0.3 is 5.32 Å². The number of pyridine rings is 1. The molecule has 1 atom stereocenters. The van der Waals surface area contributed by atoms with E-state index in [1.165, 1.54) is 0 Å². The molecule has 0 saturated carbocycles. The van der Waals surface area contributed by atoms with Crippen LogP contribution in [0, 0.1) is 5.92 Å². The first kappa shape index (κ1) is 9.04. The minimum absolute atomic E-state index is 0.495. The quantitative estimate of drug-likeness (QED) is 0.742. The maximum absolute atomic E-state index is 4.03. The Hall–Kier alpha value is -1.05. The predicted molar refractivity (Wildman–Crippen MR) is 52.2 cm³/mol. The molecule has 0 bridgehead atoms. The average Bonchev–Trinajstić information content (AvgIpc) is 2.06. The predicted octanol–water partition coefficient (Wildman–Crippen LogP) is 2.54. The number of aromatic nitrogens is 1. The summed E-state index contributed by atoms with van der Waals surface area (Å²) in [4.78, 5) is 4.03. The van der Waals surface area contributed by atoms with Crippen LogP contribution in [0.1, 0.15) is 20.8 Å². The molecule has 12 heavy (non-hydrogen) atoms. The standard InChI is InChI=1S/C10H16N2/c1-8(2)9(3)12-10-5-4-6-11-7-10/h4-9,12H,1-3H3/t9-/m1/s1. The van der Waals surface area contributed by atoms with E-state index in [0.29, 0.717) is 12.0 Å². The summed E-state index contributed by atoms with van der Waals surface area (Å²) in [5.41, 5.74) is 1.10. The van der Waals surface area contributed by atoms with Crippen molar-refractivity contribution >= 4 is 5.69 Å². The van der Waals surface area contributed by atoms with Gasteiger partial charge >= 0.3 is 0 Å². The van der Waals surface area contributed by atoms with Crippen LogP contribution in [-0.4, -0.2) is 11.0 Å². The molecule has 0 spiro atoms. The van der Waals surface area contributed by atoms with Crippen molar-refractivity contribution in [2.24, 2.45) is 5.92 Å². The van der Waals surface area contributed by atoms with Crippen molar-refractivity contribution in [1.29, 1.82) is 0 Å². The van der Waals surface area contributed by atoms with Crippen LogP contribution in [0.25, 0.3) is 0 Å². The van der Waals surface area contributed by atoms with E-state index in [4.69, 9.17) is 0 Å². The minimum Gasteiger partial charge on any atom is -0.381 e. The summed E-state index contributed by atoms with van der Waals surface area (Å²) in [6.07, 6.45) is 3.63. The number of hydrogen-bond donors (Lipinski definition) is 1. The maximum atomic E-state index is 4.03. The summed E-state index contributed by atoms with van der Waals surface area (Å²) in [5.74, 6) is 0.644. The largest absolute Gasteiger partial charge is 0.381 e. The molecule has 1 rings (SSSR count). The molecule has 0 radical (unpaired) electrons. The van der Waals surface area contributed by atoms with Crippen LogP contribution in [0.4, 0.5) is 5.69 Å². The molecule has 1 heterocycles. The molecule has 0 fully saturated rings. The van der Waals surface area contributed by atoms with E-state index in [1.54, 1.807) is 6.20 Å². The lowest BCUT2D eigenvalue weighted by molar-refractivity contribution is 0.560.